The van der Waals surface area contributed by atoms with Crippen molar-refractivity contribution in [3.63, 3.8) is 0 Å². The Balaban J connectivity index is 1.66. The molecule has 4 heterocycles. The van der Waals surface area contributed by atoms with Crippen molar-refractivity contribution in [3.05, 3.63) is 65.5 Å². The molecule has 0 saturated heterocycles. The van der Waals surface area contributed by atoms with Crippen LogP contribution < -0.4 is 15.6 Å². The molecule has 0 spiro atoms. The summed E-state index contributed by atoms with van der Waals surface area (Å²) in [4.78, 5) is 28.2. The average Bonchev–Trinajstić information content (AvgIpc) is 3.21. The molecule has 0 radical (unpaired) electrons. The SMILES string of the molecule is COc1ncc(-c2cc3cc[nH]c(=O)c3c(Nc3ccc4cn[nH]c4c3)n2)cn1. The summed E-state index contributed by atoms with van der Waals surface area (Å²) < 4.78 is 5.01. The molecule has 0 aliphatic carbocycles. The number of anilines is 2. The van der Waals surface area contributed by atoms with Gasteiger partial charge >= 0.3 is 6.01 Å². The van der Waals surface area contributed by atoms with Crippen LogP contribution in [0.3, 0.4) is 0 Å². The molecule has 29 heavy (non-hydrogen) atoms. The van der Waals surface area contributed by atoms with Gasteiger partial charge in [-0.2, -0.15) is 5.10 Å². The maximum Gasteiger partial charge on any atom is 0.316 e. The first kappa shape index (κ1) is 16.9. The summed E-state index contributed by atoms with van der Waals surface area (Å²) in [5.41, 5.74) is 2.78. The topological polar surface area (TPSA) is 121 Å². The lowest BCUT2D eigenvalue weighted by Crippen LogP contribution is -2.09. The van der Waals surface area contributed by atoms with E-state index < -0.39 is 0 Å². The Morgan fingerprint density at radius 3 is 2.72 bits per heavy atom. The van der Waals surface area contributed by atoms with Crippen molar-refractivity contribution in [1.29, 1.82) is 0 Å². The second-order valence-corrected chi connectivity index (χ2v) is 6.38. The Morgan fingerprint density at radius 2 is 1.90 bits per heavy atom. The number of methoxy groups -OCH3 is 1. The van der Waals surface area contributed by atoms with Crippen LogP contribution in [0.5, 0.6) is 6.01 Å². The standard InChI is InChI=1S/C20H15N7O2/c1-29-20-22-8-13(9-23-20)15-6-11-4-5-21-19(28)17(11)18(26-15)25-14-3-2-12-10-24-27-16(12)7-14/h2-10H,1H3,(H,21,28)(H,24,27)(H,25,26). The summed E-state index contributed by atoms with van der Waals surface area (Å²) in [6.45, 7) is 0. The lowest BCUT2D eigenvalue weighted by Gasteiger charge is -2.11. The first-order chi connectivity index (χ1) is 14.2. The molecule has 0 aliphatic heterocycles. The van der Waals surface area contributed by atoms with Gasteiger partial charge in [-0.25, -0.2) is 15.0 Å². The summed E-state index contributed by atoms with van der Waals surface area (Å²) in [5, 5.41) is 12.4. The highest BCUT2D eigenvalue weighted by atomic mass is 16.5. The van der Waals surface area contributed by atoms with Gasteiger partial charge in [0.05, 0.1) is 29.9 Å². The molecule has 5 aromatic rings. The Kier molecular flexibility index (Phi) is 3.91. The predicted octanol–water partition coefficient (Wildman–Crippen LogP) is 3.01. The van der Waals surface area contributed by atoms with Crippen molar-refractivity contribution in [1.82, 2.24) is 30.1 Å². The third-order valence-electron chi connectivity index (χ3n) is 4.57. The molecule has 9 heteroatoms. The van der Waals surface area contributed by atoms with Crippen molar-refractivity contribution >= 4 is 33.2 Å². The maximum atomic E-state index is 12.5. The van der Waals surface area contributed by atoms with Crippen LogP contribution in [-0.2, 0) is 0 Å². The molecule has 0 bridgehead atoms. The minimum absolute atomic E-state index is 0.224. The second kappa shape index (κ2) is 6.71. The zero-order valence-corrected chi connectivity index (χ0v) is 15.3. The Bertz CT molecular complexity index is 1390. The zero-order valence-electron chi connectivity index (χ0n) is 15.3. The summed E-state index contributed by atoms with van der Waals surface area (Å²) >= 11 is 0. The van der Waals surface area contributed by atoms with E-state index in [1.54, 1.807) is 24.8 Å². The molecule has 5 rings (SSSR count). The molecule has 0 amide bonds. The molecular weight excluding hydrogens is 370 g/mol. The lowest BCUT2D eigenvalue weighted by molar-refractivity contribution is 0.380. The molecule has 4 aromatic heterocycles. The highest BCUT2D eigenvalue weighted by molar-refractivity contribution is 5.95. The van der Waals surface area contributed by atoms with E-state index in [9.17, 15) is 4.79 Å². The van der Waals surface area contributed by atoms with Gasteiger partial charge in [-0.15, -0.1) is 0 Å². The van der Waals surface area contributed by atoms with E-state index in [-0.39, 0.29) is 11.6 Å². The quantitative estimate of drug-likeness (QED) is 0.435. The van der Waals surface area contributed by atoms with Crippen LogP contribution >= 0.6 is 0 Å². The van der Waals surface area contributed by atoms with E-state index in [0.717, 1.165) is 22.0 Å². The van der Waals surface area contributed by atoms with E-state index in [1.165, 1.54) is 7.11 Å². The van der Waals surface area contributed by atoms with E-state index in [2.05, 4.69) is 35.5 Å². The van der Waals surface area contributed by atoms with Gasteiger partial charge in [-0.05, 0) is 35.7 Å². The Hall–Kier alpha value is -4.27. The molecule has 0 unspecified atom stereocenters. The van der Waals surface area contributed by atoms with Crippen LogP contribution in [0.15, 0.2) is 59.9 Å². The number of fused-ring (bicyclic) bond motifs is 2. The van der Waals surface area contributed by atoms with E-state index in [0.29, 0.717) is 22.5 Å². The molecule has 0 fully saturated rings. The first-order valence-electron chi connectivity index (χ1n) is 8.80. The first-order valence-corrected chi connectivity index (χ1v) is 8.80. The molecular formula is C20H15N7O2. The minimum atomic E-state index is -0.224. The Morgan fingerprint density at radius 1 is 1.03 bits per heavy atom. The van der Waals surface area contributed by atoms with Crippen molar-refractivity contribution in [2.75, 3.05) is 12.4 Å². The third kappa shape index (κ3) is 3.04. The van der Waals surface area contributed by atoms with Gasteiger partial charge in [-0.3, -0.25) is 9.89 Å². The number of nitrogens with one attached hydrogen (secondary N) is 3. The van der Waals surface area contributed by atoms with Crippen LogP contribution in [0.4, 0.5) is 11.5 Å². The lowest BCUT2D eigenvalue weighted by atomic mass is 10.1. The van der Waals surface area contributed by atoms with Gasteiger partial charge in [0.15, 0.2) is 0 Å². The Labute approximate surface area is 163 Å². The number of hydrogen-bond donors (Lipinski definition) is 3. The number of aromatic nitrogens is 6. The van der Waals surface area contributed by atoms with Gasteiger partial charge in [-0.1, -0.05) is 0 Å². The molecule has 3 N–H and O–H groups in total. The van der Waals surface area contributed by atoms with E-state index in [1.807, 2.05) is 30.3 Å². The van der Waals surface area contributed by atoms with Gasteiger partial charge < -0.3 is 15.0 Å². The number of ether oxygens (including phenoxy) is 1. The van der Waals surface area contributed by atoms with Crippen LogP contribution in [0.1, 0.15) is 0 Å². The highest BCUT2D eigenvalue weighted by Gasteiger charge is 2.12. The van der Waals surface area contributed by atoms with Crippen molar-refractivity contribution in [2.45, 2.75) is 0 Å². The number of rotatable bonds is 4. The number of benzene rings is 1. The number of aromatic amines is 2. The van der Waals surface area contributed by atoms with E-state index in [4.69, 9.17) is 4.74 Å². The van der Waals surface area contributed by atoms with Gasteiger partial charge in [0.2, 0.25) is 0 Å². The highest BCUT2D eigenvalue weighted by Crippen LogP contribution is 2.28. The summed E-state index contributed by atoms with van der Waals surface area (Å²) in [6.07, 6.45) is 6.63. The molecule has 0 saturated carbocycles. The van der Waals surface area contributed by atoms with Crippen LogP contribution in [-0.4, -0.2) is 37.2 Å². The van der Waals surface area contributed by atoms with E-state index >= 15 is 0 Å². The van der Waals surface area contributed by atoms with Crippen molar-refractivity contribution < 1.29 is 4.74 Å². The predicted molar refractivity (Wildman–Crippen MR) is 109 cm³/mol. The fourth-order valence-electron chi connectivity index (χ4n) is 3.16. The monoisotopic (exact) mass is 385 g/mol. The fraction of sp³-hybridized carbons (Fsp3) is 0.0500. The number of H-pyrrole nitrogens is 2. The summed E-state index contributed by atoms with van der Waals surface area (Å²) in [5.74, 6) is 0.439. The molecule has 0 atom stereocenters. The third-order valence-corrected chi connectivity index (χ3v) is 4.57. The van der Waals surface area contributed by atoms with Crippen LogP contribution in [0, 0.1) is 0 Å². The summed E-state index contributed by atoms with van der Waals surface area (Å²) in [6, 6.07) is 9.70. The van der Waals surface area contributed by atoms with Gasteiger partial charge in [0, 0.05) is 35.2 Å². The summed E-state index contributed by atoms with van der Waals surface area (Å²) in [7, 11) is 1.51. The van der Waals surface area contributed by atoms with Gasteiger partial charge in [0.1, 0.15) is 5.82 Å². The van der Waals surface area contributed by atoms with Crippen molar-refractivity contribution in [2.24, 2.45) is 0 Å². The second-order valence-electron chi connectivity index (χ2n) is 6.38. The van der Waals surface area contributed by atoms with Gasteiger partial charge in [0.25, 0.3) is 5.56 Å². The number of hydrogen-bond acceptors (Lipinski definition) is 7. The maximum absolute atomic E-state index is 12.5. The van der Waals surface area contributed by atoms with Crippen LogP contribution in [0.2, 0.25) is 0 Å². The van der Waals surface area contributed by atoms with Crippen molar-refractivity contribution in [3.8, 4) is 17.3 Å². The fourth-order valence-corrected chi connectivity index (χ4v) is 3.16. The molecule has 1 aromatic carbocycles. The normalized spacial score (nSPS) is 11.1. The molecule has 142 valence electrons. The average molecular weight is 385 g/mol. The molecule has 9 nitrogen and oxygen atoms in total. The number of nitrogens with zero attached hydrogens (tertiary/aromatic N) is 4. The number of pyridine rings is 2. The molecule has 0 aliphatic rings. The van der Waals surface area contributed by atoms with Crippen LogP contribution in [0.25, 0.3) is 32.9 Å². The largest absolute Gasteiger partial charge is 0.467 e. The zero-order chi connectivity index (χ0) is 19.8. The smallest absolute Gasteiger partial charge is 0.316 e. The minimum Gasteiger partial charge on any atom is -0.467 e.